The van der Waals surface area contributed by atoms with Crippen LogP contribution in [0.15, 0.2) is 42.5 Å². The molecule has 0 radical (unpaired) electrons. The molecule has 0 bridgehead atoms. The molecule has 0 unspecified atom stereocenters. The van der Waals surface area contributed by atoms with Crippen molar-refractivity contribution in [3.8, 4) is 0 Å². The van der Waals surface area contributed by atoms with Crippen LogP contribution in [0.25, 0.3) is 0 Å². The van der Waals surface area contributed by atoms with Crippen LogP contribution in [0.2, 0.25) is 5.02 Å². The zero-order valence-electron chi connectivity index (χ0n) is 10.7. The summed E-state index contributed by atoms with van der Waals surface area (Å²) in [7, 11) is 0. The Balaban J connectivity index is 2.30. The molecule has 2 aromatic rings. The van der Waals surface area contributed by atoms with Gasteiger partial charge in [0.1, 0.15) is 5.56 Å². The third-order valence-corrected chi connectivity index (χ3v) is 3.28. The first-order valence-corrected chi connectivity index (χ1v) is 6.82. The summed E-state index contributed by atoms with van der Waals surface area (Å²) in [6.45, 7) is 0. The van der Waals surface area contributed by atoms with Crippen LogP contribution in [0.3, 0.4) is 0 Å². The fourth-order valence-electron chi connectivity index (χ4n) is 1.78. The highest BCUT2D eigenvalue weighted by molar-refractivity contribution is 6.31. The van der Waals surface area contributed by atoms with Gasteiger partial charge in [-0.25, -0.2) is 0 Å². The van der Waals surface area contributed by atoms with Crippen molar-refractivity contribution in [3.63, 3.8) is 0 Å². The smallest absolute Gasteiger partial charge is 0.283 e. The molecule has 108 valence electrons. The third kappa shape index (κ3) is 3.71. The summed E-state index contributed by atoms with van der Waals surface area (Å²) >= 11 is 11.4. The third-order valence-electron chi connectivity index (χ3n) is 2.74. The van der Waals surface area contributed by atoms with Crippen LogP contribution in [-0.4, -0.2) is 10.8 Å². The van der Waals surface area contributed by atoms with E-state index in [4.69, 9.17) is 23.2 Å². The summed E-state index contributed by atoms with van der Waals surface area (Å²) in [4.78, 5) is 22.5. The second-order valence-electron chi connectivity index (χ2n) is 4.21. The zero-order chi connectivity index (χ0) is 15.4. The van der Waals surface area contributed by atoms with E-state index < -0.39 is 10.8 Å². The van der Waals surface area contributed by atoms with E-state index in [9.17, 15) is 14.9 Å². The molecule has 0 aliphatic carbocycles. The number of hydrogen-bond acceptors (Lipinski definition) is 3. The molecular weight excluding hydrogens is 315 g/mol. The number of hydrogen-bond donors (Lipinski definition) is 1. The number of nitrogens with zero attached hydrogens (tertiary/aromatic N) is 1. The number of benzene rings is 2. The molecule has 1 N–H and O–H groups in total. The monoisotopic (exact) mass is 324 g/mol. The van der Waals surface area contributed by atoms with Crippen molar-refractivity contribution in [1.82, 2.24) is 0 Å². The normalized spacial score (nSPS) is 10.2. The molecule has 2 aromatic carbocycles. The van der Waals surface area contributed by atoms with Gasteiger partial charge in [0.25, 0.3) is 11.6 Å². The highest BCUT2D eigenvalue weighted by Crippen LogP contribution is 2.24. The van der Waals surface area contributed by atoms with Crippen molar-refractivity contribution in [3.05, 3.63) is 68.7 Å². The molecule has 7 heteroatoms. The molecule has 0 heterocycles. The quantitative estimate of drug-likeness (QED) is 0.519. The molecule has 0 saturated carbocycles. The molecule has 0 atom stereocenters. The molecule has 2 rings (SSSR count). The first-order chi connectivity index (χ1) is 10.0. The van der Waals surface area contributed by atoms with Gasteiger partial charge in [0.15, 0.2) is 0 Å². The maximum atomic E-state index is 12.2. The first kappa shape index (κ1) is 15.3. The summed E-state index contributed by atoms with van der Waals surface area (Å²) in [5, 5.41) is 13.8. The van der Waals surface area contributed by atoms with Crippen LogP contribution < -0.4 is 5.32 Å². The predicted molar refractivity (Wildman–Crippen MR) is 82.1 cm³/mol. The van der Waals surface area contributed by atoms with Gasteiger partial charge in [0, 0.05) is 22.7 Å². The van der Waals surface area contributed by atoms with Crippen LogP contribution in [0.4, 0.5) is 11.4 Å². The van der Waals surface area contributed by atoms with Crippen molar-refractivity contribution < 1.29 is 9.72 Å². The zero-order valence-corrected chi connectivity index (χ0v) is 12.2. The summed E-state index contributed by atoms with van der Waals surface area (Å²) in [5.41, 5.74) is 0.955. The lowest BCUT2D eigenvalue weighted by Gasteiger charge is -2.07. The number of nitro benzene ring substituents is 1. The average Bonchev–Trinajstić information content (AvgIpc) is 2.47. The number of alkyl halides is 1. The van der Waals surface area contributed by atoms with Gasteiger partial charge < -0.3 is 5.32 Å². The molecule has 0 aliphatic rings. The minimum atomic E-state index is -0.643. The Labute approximate surface area is 130 Å². The van der Waals surface area contributed by atoms with Crippen molar-refractivity contribution in [2.75, 3.05) is 5.32 Å². The Morgan fingerprint density at radius 2 is 2.00 bits per heavy atom. The molecular formula is C14H10Cl2N2O3. The van der Waals surface area contributed by atoms with E-state index in [1.54, 1.807) is 18.2 Å². The second kappa shape index (κ2) is 6.56. The number of rotatable bonds is 4. The van der Waals surface area contributed by atoms with Crippen molar-refractivity contribution >= 4 is 40.5 Å². The lowest BCUT2D eigenvalue weighted by atomic mass is 10.1. The minimum Gasteiger partial charge on any atom is -0.322 e. The lowest BCUT2D eigenvalue weighted by Crippen LogP contribution is -2.14. The Morgan fingerprint density at radius 1 is 1.24 bits per heavy atom. The number of anilines is 1. The van der Waals surface area contributed by atoms with Gasteiger partial charge in [0.2, 0.25) is 0 Å². The first-order valence-electron chi connectivity index (χ1n) is 5.91. The molecule has 0 aliphatic heterocycles. The van der Waals surface area contributed by atoms with Gasteiger partial charge in [-0.3, -0.25) is 14.9 Å². The number of nitrogens with one attached hydrogen (secondary N) is 1. The summed E-state index contributed by atoms with van der Waals surface area (Å²) in [6.07, 6.45) is 0. The topological polar surface area (TPSA) is 72.2 Å². The molecule has 0 saturated heterocycles. The van der Waals surface area contributed by atoms with Crippen LogP contribution in [-0.2, 0) is 5.88 Å². The Bertz CT molecular complexity index is 704. The van der Waals surface area contributed by atoms with E-state index in [1.165, 1.54) is 12.1 Å². The van der Waals surface area contributed by atoms with Gasteiger partial charge in [0.05, 0.1) is 4.92 Å². The van der Waals surface area contributed by atoms with E-state index >= 15 is 0 Å². The van der Waals surface area contributed by atoms with Gasteiger partial charge in [-0.05, 0) is 29.8 Å². The summed E-state index contributed by atoms with van der Waals surface area (Å²) in [5.74, 6) is -0.268. The van der Waals surface area contributed by atoms with Crippen LogP contribution >= 0.6 is 23.2 Å². The van der Waals surface area contributed by atoms with Crippen LogP contribution in [0.5, 0.6) is 0 Å². The minimum absolute atomic E-state index is 0.0549. The molecule has 0 aromatic heterocycles. The summed E-state index contributed by atoms with van der Waals surface area (Å²) < 4.78 is 0. The van der Waals surface area contributed by atoms with Crippen LogP contribution in [0, 0.1) is 10.1 Å². The number of nitro groups is 1. The van der Waals surface area contributed by atoms with Crippen LogP contribution in [0.1, 0.15) is 15.9 Å². The molecule has 1 amide bonds. The fourth-order valence-corrected chi connectivity index (χ4v) is 2.11. The van der Waals surface area contributed by atoms with Crippen molar-refractivity contribution in [1.29, 1.82) is 0 Å². The number of amides is 1. The largest absolute Gasteiger partial charge is 0.322 e. The van der Waals surface area contributed by atoms with Gasteiger partial charge in [-0.15, -0.1) is 11.6 Å². The maximum Gasteiger partial charge on any atom is 0.283 e. The SMILES string of the molecule is O=C(Nc1cccc(CCl)c1)c1ccc(Cl)cc1[N+](=O)[O-]. The lowest BCUT2D eigenvalue weighted by molar-refractivity contribution is -0.385. The number of carbonyl (C=O) groups is 1. The Kier molecular flexibility index (Phi) is 4.77. The number of halogens is 2. The van der Waals surface area contributed by atoms with E-state index in [0.717, 1.165) is 11.6 Å². The van der Waals surface area contributed by atoms with Crippen molar-refractivity contribution in [2.24, 2.45) is 0 Å². The predicted octanol–water partition coefficient (Wildman–Crippen LogP) is 4.24. The van der Waals surface area contributed by atoms with Crippen molar-refractivity contribution in [2.45, 2.75) is 5.88 Å². The van der Waals surface area contributed by atoms with Gasteiger partial charge in [-0.1, -0.05) is 23.7 Å². The Hall–Kier alpha value is -2.11. The molecule has 5 nitrogen and oxygen atoms in total. The maximum absolute atomic E-state index is 12.2. The van der Waals surface area contributed by atoms with Gasteiger partial charge >= 0.3 is 0 Å². The highest BCUT2D eigenvalue weighted by atomic mass is 35.5. The standard InChI is InChI=1S/C14H10Cl2N2O3/c15-8-9-2-1-3-11(6-9)17-14(19)12-5-4-10(16)7-13(12)18(20)21/h1-7H,8H2,(H,17,19). The second-order valence-corrected chi connectivity index (χ2v) is 4.91. The molecule has 0 fully saturated rings. The summed E-state index contributed by atoms with van der Waals surface area (Å²) in [6, 6.07) is 10.8. The van der Waals surface area contributed by atoms with E-state index in [-0.39, 0.29) is 16.3 Å². The highest BCUT2D eigenvalue weighted by Gasteiger charge is 2.20. The van der Waals surface area contributed by atoms with E-state index in [2.05, 4.69) is 5.32 Å². The Morgan fingerprint density at radius 3 is 2.67 bits per heavy atom. The van der Waals surface area contributed by atoms with E-state index in [1.807, 2.05) is 6.07 Å². The van der Waals surface area contributed by atoms with Gasteiger partial charge in [-0.2, -0.15) is 0 Å². The number of carbonyl (C=O) groups excluding carboxylic acids is 1. The van der Waals surface area contributed by atoms with E-state index in [0.29, 0.717) is 11.6 Å². The molecule has 0 spiro atoms. The fraction of sp³-hybridized carbons (Fsp3) is 0.0714. The molecule has 21 heavy (non-hydrogen) atoms. The average molecular weight is 325 g/mol.